The molecule has 0 saturated heterocycles. The second-order valence-electron chi connectivity index (χ2n) is 6.32. The number of amides is 1. The maximum absolute atomic E-state index is 13.1. The largest absolute Gasteiger partial charge is 0.447 e. The highest BCUT2D eigenvalue weighted by Crippen LogP contribution is 2.21. The molecule has 150 valence electrons. The van der Waals surface area contributed by atoms with Crippen LogP contribution < -0.4 is 10.2 Å². The number of aryl methyl sites for hydroxylation is 1. The van der Waals surface area contributed by atoms with E-state index in [0.717, 1.165) is 17.0 Å². The van der Waals surface area contributed by atoms with Gasteiger partial charge in [0.25, 0.3) is 5.91 Å². The summed E-state index contributed by atoms with van der Waals surface area (Å²) in [5.74, 6) is -1.58. The van der Waals surface area contributed by atoms with Crippen LogP contribution in [0.15, 0.2) is 64.8 Å². The molecule has 0 fully saturated rings. The Labute approximate surface area is 170 Å². The van der Waals surface area contributed by atoms with Crippen molar-refractivity contribution >= 4 is 28.9 Å². The average Bonchev–Trinajstić information content (AvgIpc) is 3.04. The molecule has 0 aliphatic carbocycles. The van der Waals surface area contributed by atoms with Gasteiger partial charge in [-0.25, -0.2) is 4.39 Å². The van der Waals surface area contributed by atoms with E-state index in [9.17, 15) is 18.8 Å². The molecule has 1 amide bonds. The van der Waals surface area contributed by atoms with Gasteiger partial charge in [-0.2, -0.15) is 0 Å². The van der Waals surface area contributed by atoms with Crippen molar-refractivity contribution in [1.82, 2.24) is 4.57 Å². The van der Waals surface area contributed by atoms with Crippen LogP contribution in [-0.4, -0.2) is 16.4 Å². The van der Waals surface area contributed by atoms with Crippen molar-refractivity contribution < 1.29 is 18.7 Å². The van der Waals surface area contributed by atoms with Crippen molar-refractivity contribution in [2.24, 2.45) is 0 Å². The zero-order valence-corrected chi connectivity index (χ0v) is 16.4. The molecule has 0 saturated carbocycles. The summed E-state index contributed by atoms with van der Waals surface area (Å²) >= 11 is 1.07. The van der Waals surface area contributed by atoms with Crippen molar-refractivity contribution in [3.63, 3.8) is 0 Å². The monoisotopic (exact) mass is 414 g/mol. The normalized spacial score (nSPS) is 11.7. The summed E-state index contributed by atoms with van der Waals surface area (Å²) in [5.41, 5.74) is 1.65. The fraction of sp³-hybridized carbons (Fsp3) is 0.190. The Morgan fingerprint density at radius 2 is 1.83 bits per heavy atom. The predicted molar refractivity (Wildman–Crippen MR) is 108 cm³/mol. The number of nitrogens with one attached hydrogen (secondary N) is 1. The second kappa shape index (κ2) is 9.29. The van der Waals surface area contributed by atoms with Gasteiger partial charge in [0.05, 0.1) is 6.42 Å². The van der Waals surface area contributed by atoms with Crippen molar-refractivity contribution in [2.45, 2.75) is 26.0 Å². The molecule has 8 heteroatoms. The van der Waals surface area contributed by atoms with Gasteiger partial charge in [0.15, 0.2) is 0 Å². The Kier molecular flexibility index (Phi) is 6.56. The summed E-state index contributed by atoms with van der Waals surface area (Å²) in [5, 5.41) is 4.34. The number of halogens is 1. The van der Waals surface area contributed by atoms with Crippen LogP contribution in [0, 0.1) is 12.7 Å². The molecule has 0 spiro atoms. The Bertz CT molecular complexity index is 1040. The van der Waals surface area contributed by atoms with Gasteiger partial charge in [0.2, 0.25) is 6.10 Å². The van der Waals surface area contributed by atoms with Crippen molar-refractivity contribution in [3.05, 3.63) is 86.7 Å². The van der Waals surface area contributed by atoms with Crippen LogP contribution in [-0.2, 0) is 20.9 Å². The van der Waals surface area contributed by atoms with E-state index in [1.807, 2.05) is 0 Å². The van der Waals surface area contributed by atoms with Crippen molar-refractivity contribution in [3.8, 4) is 0 Å². The number of aromatic nitrogens is 1. The van der Waals surface area contributed by atoms with Crippen LogP contribution in [0.4, 0.5) is 10.1 Å². The van der Waals surface area contributed by atoms with E-state index < -0.39 is 23.8 Å². The lowest BCUT2D eigenvalue weighted by atomic mass is 10.1. The molecule has 1 aromatic heterocycles. The van der Waals surface area contributed by atoms with Crippen LogP contribution in [0.3, 0.4) is 0 Å². The first-order valence-electron chi connectivity index (χ1n) is 8.90. The number of rotatable bonds is 7. The minimum Gasteiger partial charge on any atom is -0.447 e. The number of hydrogen-bond donors (Lipinski definition) is 1. The lowest BCUT2D eigenvalue weighted by Gasteiger charge is -2.18. The first-order chi connectivity index (χ1) is 13.9. The number of hydrogen-bond acceptors (Lipinski definition) is 5. The molecule has 6 nitrogen and oxygen atoms in total. The van der Waals surface area contributed by atoms with E-state index in [1.54, 1.807) is 42.6 Å². The van der Waals surface area contributed by atoms with Gasteiger partial charge in [-0.1, -0.05) is 41.7 Å². The molecular weight excluding hydrogens is 395 g/mol. The molecular formula is C21H19FN2O4S. The maximum atomic E-state index is 13.1. The number of carbonyl (C=O) groups excluding carboxylic acids is 2. The van der Waals surface area contributed by atoms with Gasteiger partial charge in [0, 0.05) is 28.9 Å². The van der Waals surface area contributed by atoms with E-state index in [4.69, 9.17) is 4.74 Å². The summed E-state index contributed by atoms with van der Waals surface area (Å²) in [6, 6.07) is 13.9. The highest BCUT2D eigenvalue weighted by atomic mass is 32.1. The minimum absolute atomic E-state index is 0.0510. The molecule has 1 heterocycles. The molecule has 29 heavy (non-hydrogen) atoms. The lowest BCUT2D eigenvalue weighted by molar-refractivity contribution is -0.155. The van der Waals surface area contributed by atoms with Gasteiger partial charge < -0.3 is 14.6 Å². The predicted octanol–water partition coefficient (Wildman–Crippen LogP) is 3.67. The van der Waals surface area contributed by atoms with Gasteiger partial charge in [0.1, 0.15) is 5.82 Å². The quantitative estimate of drug-likeness (QED) is 0.599. The zero-order valence-electron chi connectivity index (χ0n) is 15.6. The zero-order chi connectivity index (χ0) is 20.8. The molecule has 0 aliphatic rings. The molecule has 2 aromatic carbocycles. The van der Waals surface area contributed by atoms with E-state index in [0.29, 0.717) is 11.3 Å². The SMILES string of the molecule is Cc1csc(=O)n1CCC(=O)O[C@H](C(=O)Nc1ccc(F)cc1)c1ccccc1. The van der Waals surface area contributed by atoms with Crippen LogP contribution >= 0.6 is 11.3 Å². The fourth-order valence-electron chi connectivity index (χ4n) is 2.71. The van der Waals surface area contributed by atoms with Crippen LogP contribution in [0.25, 0.3) is 0 Å². The first kappa shape index (κ1) is 20.5. The van der Waals surface area contributed by atoms with Crippen LogP contribution in [0.2, 0.25) is 0 Å². The topological polar surface area (TPSA) is 77.4 Å². The summed E-state index contributed by atoms with van der Waals surface area (Å²) in [6.07, 6.45) is -1.22. The maximum Gasteiger partial charge on any atom is 0.308 e. The minimum atomic E-state index is -1.17. The van der Waals surface area contributed by atoms with Crippen molar-refractivity contribution in [1.29, 1.82) is 0 Å². The third-order valence-corrected chi connectivity index (χ3v) is 5.10. The number of nitrogens with zero attached hydrogens (tertiary/aromatic N) is 1. The van der Waals surface area contributed by atoms with E-state index in [-0.39, 0.29) is 17.8 Å². The number of ether oxygens (including phenoxy) is 1. The second-order valence-corrected chi connectivity index (χ2v) is 7.14. The van der Waals surface area contributed by atoms with E-state index in [1.165, 1.54) is 28.8 Å². The number of thiazole rings is 1. The smallest absolute Gasteiger partial charge is 0.308 e. The molecule has 0 unspecified atom stereocenters. The molecule has 1 atom stereocenters. The summed E-state index contributed by atoms with van der Waals surface area (Å²) in [6.45, 7) is 1.96. The number of carbonyl (C=O) groups is 2. The van der Waals surface area contributed by atoms with Crippen molar-refractivity contribution in [2.75, 3.05) is 5.32 Å². The highest BCUT2D eigenvalue weighted by molar-refractivity contribution is 7.07. The molecule has 3 aromatic rings. The number of benzene rings is 2. The van der Waals surface area contributed by atoms with Gasteiger partial charge in [-0.3, -0.25) is 14.4 Å². The molecule has 1 N–H and O–H groups in total. The Hall–Kier alpha value is -3.26. The summed E-state index contributed by atoms with van der Waals surface area (Å²) in [4.78, 5) is 36.7. The fourth-order valence-corrected chi connectivity index (χ4v) is 3.47. The molecule has 3 rings (SSSR count). The highest BCUT2D eigenvalue weighted by Gasteiger charge is 2.25. The van der Waals surface area contributed by atoms with Crippen LogP contribution in [0.5, 0.6) is 0 Å². The van der Waals surface area contributed by atoms with Gasteiger partial charge in [-0.05, 0) is 31.2 Å². The lowest BCUT2D eigenvalue weighted by Crippen LogP contribution is -2.26. The van der Waals surface area contributed by atoms with Gasteiger partial charge >= 0.3 is 10.8 Å². The Morgan fingerprint density at radius 1 is 1.14 bits per heavy atom. The number of esters is 1. The molecule has 0 aliphatic heterocycles. The summed E-state index contributed by atoms with van der Waals surface area (Å²) < 4.78 is 20.0. The van der Waals surface area contributed by atoms with E-state index in [2.05, 4.69) is 5.32 Å². The Balaban J connectivity index is 1.71. The first-order valence-corrected chi connectivity index (χ1v) is 9.78. The Morgan fingerprint density at radius 3 is 2.45 bits per heavy atom. The third-order valence-electron chi connectivity index (χ3n) is 4.22. The van der Waals surface area contributed by atoms with Crippen LogP contribution in [0.1, 0.15) is 23.8 Å². The standard InChI is InChI=1S/C21H19FN2O4S/c1-14-13-29-21(27)24(14)12-11-18(25)28-19(15-5-3-2-4-6-15)20(26)23-17-9-7-16(22)8-10-17/h2-10,13,19H,11-12H2,1H3,(H,23,26)/t19-/m0/s1. The van der Waals surface area contributed by atoms with E-state index >= 15 is 0 Å². The average molecular weight is 414 g/mol. The summed E-state index contributed by atoms with van der Waals surface area (Å²) in [7, 11) is 0. The molecule has 0 bridgehead atoms. The number of anilines is 1. The molecule has 0 radical (unpaired) electrons. The third kappa shape index (κ3) is 5.39. The van der Waals surface area contributed by atoms with Gasteiger partial charge in [-0.15, -0.1) is 0 Å².